The third-order valence-electron chi connectivity index (χ3n) is 5.54. The zero-order chi connectivity index (χ0) is 18.3. The van der Waals surface area contributed by atoms with Crippen LogP contribution in [0.15, 0.2) is 109 Å². The van der Waals surface area contributed by atoms with Crippen molar-refractivity contribution >= 4 is 5.78 Å². The molecule has 27 heavy (non-hydrogen) atoms. The number of carbonyl (C=O) groups is 1. The van der Waals surface area contributed by atoms with Crippen molar-refractivity contribution in [1.82, 2.24) is 0 Å². The first-order chi connectivity index (χ1) is 13.3. The van der Waals surface area contributed by atoms with Crippen LogP contribution in [0.4, 0.5) is 0 Å². The lowest BCUT2D eigenvalue weighted by molar-refractivity contribution is 0.0937. The topological polar surface area (TPSA) is 17.1 Å². The van der Waals surface area contributed by atoms with E-state index in [1.54, 1.807) is 0 Å². The van der Waals surface area contributed by atoms with E-state index in [1.165, 1.54) is 0 Å². The molecule has 0 atom stereocenters. The monoisotopic (exact) mass is 346 g/mol. The quantitative estimate of drug-likeness (QED) is 0.423. The SMILES string of the molecule is O=C(c1ccccc1)C1(c2ccccc2)c2ccccc2-c2ccccc21. The number of benzene rings is 4. The average Bonchev–Trinajstić information content (AvgIpc) is 3.06. The standard InChI is InChI=1S/C26H18O/c27-25(19-11-3-1-4-12-19)26(20-13-5-2-6-14-20)23-17-9-7-15-21(23)22-16-8-10-18-24(22)26/h1-18H. The maximum Gasteiger partial charge on any atom is 0.182 e. The van der Waals surface area contributed by atoms with Crippen molar-refractivity contribution in [1.29, 1.82) is 0 Å². The van der Waals surface area contributed by atoms with E-state index in [4.69, 9.17) is 0 Å². The number of hydrogen-bond acceptors (Lipinski definition) is 1. The molecular weight excluding hydrogens is 328 g/mol. The summed E-state index contributed by atoms with van der Waals surface area (Å²) in [5.74, 6) is 0.117. The molecule has 4 aromatic rings. The molecule has 1 aliphatic carbocycles. The lowest BCUT2D eigenvalue weighted by Gasteiger charge is -2.31. The van der Waals surface area contributed by atoms with Crippen molar-refractivity contribution in [2.45, 2.75) is 5.41 Å². The number of hydrogen-bond donors (Lipinski definition) is 0. The zero-order valence-corrected chi connectivity index (χ0v) is 14.8. The van der Waals surface area contributed by atoms with E-state index in [0.29, 0.717) is 0 Å². The predicted molar refractivity (Wildman–Crippen MR) is 109 cm³/mol. The number of carbonyl (C=O) groups excluding carboxylic acids is 1. The van der Waals surface area contributed by atoms with Gasteiger partial charge in [0.15, 0.2) is 5.78 Å². The molecule has 0 unspecified atom stereocenters. The lowest BCUT2D eigenvalue weighted by atomic mass is 9.68. The molecular formula is C26H18O. The Hall–Kier alpha value is -3.45. The normalized spacial score (nSPS) is 13.6. The van der Waals surface area contributed by atoms with Crippen LogP contribution in [0.5, 0.6) is 0 Å². The molecule has 0 N–H and O–H groups in total. The summed E-state index contributed by atoms with van der Waals surface area (Å²) in [5, 5.41) is 0. The van der Waals surface area contributed by atoms with E-state index in [0.717, 1.165) is 33.4 Å². The summed E-state index contributed by atoms with van der Waals surface area (Å²) >= 11 is 0. The van der Waals surface area contributed by atoms with Gasteiger partial charge in [0, 0.05) is 5.56 Å². The largest absolute Gasteiger partial charge is 0.292 e. The summed E-state index contributed by atoms with van der Waals surface area (Å²) < 4.78 is 0. The van der Waals surface area contributed by atoms with Gasteiger partial charge in [-0.15, -0.1) is 0 Å². The van der Waals surface area contributed by atoms with Crippen molar-refractivity contribution in [3.8, 4) is 11.1 Å². The van der Waals surface area contributed by atoms with Crippen molar-refractivity contribution in [3.05, 3.63) is 131 Å². The molecule has 0 radical (unpaired) electrons. The summed E-state index contributed by atoms with van der Waals surface area (Å²) in [5.41, 5.74) is 5.32. The van der Waals surface area contributed by atoms with Crippen LogP contribution in [-0.2, 0) is 5.41 Å². The third-order valence-corrected chi connectivity index (χ3v) is 5.54. The van der Waals surface area contributed by atoms with Crippen LogP contribution in [0.25, 0.3) is 11.1 Å². The first kappa shape index (κ1) is 15.8. The number of ketones is 1. The second kappa shape index (κ2) is 6.07. The van der Waals surface area contributed by atoms with E-state index in [1.807, 2.05) is 72.8 Å². The molecule has 5 rings (SSSR count). The van der Waals surface area contributed by atoms with Gasteiger partial charge in [-0.25, -0.2) is 0 Å². The zero-order valence-electron chi connectivity index (χ0n) is 14.8. The van der Waals surface area contributed by atoms with Crippen LogP contribution < -0.4 is 0 Å². The molecule has 128 valence electrons. The lowest BCUT2D eigenvalue weighted by Crippen LogP contribution is -2.36. The molecule has 0 amide bonds. The average molecular weight is 346 g/mol. The van der Waals surface area contributed by atoms with Crippen LogP contribution in [0.3, 0.4) is 0 Å². The van der Waals surface area contributed by atoms with Crippen LogP contribution in [0.2, 0.25) is 0 Å². The fraction of sp³-hybridized carbons (Fsp3) is 0.0385. The van der Waals surface area contributed by atoms with E-state index in [9.17, 15) is 4.79 Å². The first-order valence-corrected chi connectivity index (χ1v) is 9.18. The molecule has 0 saturated carbocycles. The third kappa shape index (κ3) is 2.15. The Labute approximate surface area is 158 Å². The number of Topliss-reactive ketones (excluding diaryl/α,β-unsaturated/α-hetero) is 1. The van der Waals surface area contributed by atoms with Gasteiger partial charge >= 0.3 is 0 Å². The van der Waals surface area contributed by atoms with E-state index in [-0.39, 0.29) is 5.78 Å². The van der Waals surface area contributed by atoms with Gasteiger partial charge in [0.2, 0.25) is 0 Å². The van der Waals surface area contributed by atoms with Crippen molar-refractivity contribution < 1.29 is 4.79 Å². The van der Waals surface area contributed by atoms with Gasteiger partial charge in [0.05, 0.1) is 0 Å². The van der Waals surface area contributed by atoms with Crippen molar-refractivity contribution in [3.63, 3.8) is 0 Å². The van der Waals surface area contributed by atoms with Gasteiger partial charge in [-0.3, -0.25) is 4.79 Å². The fourth-order valence-electron chi connectivity index (χ4n) is 4.42. The maximum absolute atomic E-state index is 14.1. The molecule has 0 aliphatic heterocycles. The molecule has 1 nitrogen and oxygen atoms in total. The van der Waals surface area contributed by atoms with Gasteiger partial charge in [-0.05, 0) is 27.8 Å². The maximum atomic E-state index is 14.1. The minimum Gasteiger partial charge on any atom is -0.292 e. The van der Waals surface area contributed by atoms with E-state index in [2.05, 4.69) is 36.4 Å². The first-order valence-electron chi connectivity index (χ1n) is 9.18. The van der Waals surface area contributed by atoms with Gasteiger partial charge in [0.25, 0.3) is 0 Å². The number of fused-ring (bicyclic) bond motifs is 3. The van der Waals surface area contributed by atoms with Crippen LogP contribution in [0.1, 0.15) is 27.0 Å². The summed E-state index contributed by atoms with van der Waals surface area (Å²) in [4.78, 5) is 14.1. The van der Waals surface area contributed by atoms with Gasteiger partial charge < -0.3 is 0 Å². The molecule has 0 saturated heterocycles. The summed E-state index contributed by atoms with van der Waals surface area (Å²) in [6, 6.07) is 36.4. The highest BCUT2D eigenvalue weighted by Gasteiger charge is 2.50. The highest BCUT2D eigenvalue weighted by atomic mass is 16.1. The predicted octanol–water partition coefficient (Wildman–Crippen LogP) is 5.88. The minimum atomic E-state index is -0.824. The van der Waals surface area contributed by atoms with Crippen molar-refractivity contribution in [2.75, 3.05) is 0 Å². The van der Waals surface area contributed by atoms with Crippen LogP contribution in [-0.4, -0.2) is 5.78 Å². The summed E-state index contributed by atoms with van der Waals surface area (Å²) in [7, 11) is 0. The Bertz CT molecular complexity index is 1080. The van der Waals surface area contributed by atoms with E-state index >= 15 is 0 Å². The Morgan fingerprint density at radius 1 is 0.519 bits per heavy atom. The minimum absolute atomic E-state index is 0.117. The van der Waals surface area contributed by atoms with Gasteiger partial charge in [-0.1, -0.05) is 109 Å². The molecule has 0 spiro atoms. The highest BCUT2D eigenvalue weighted by molar-refractivity contribution is 6.13. The van der Waals surface area contributed by atoms with E-state index < -0.39 is 5.41 Å². The Morgan fingerprint density at radius 3 is 1.52 bits per heavy atom. The fourth-order valence-corrected chi connectivity index (χ4v) is 4.42. The number of rotatable bonds is 3. The molecule has 1 aliphatic rings. The van der Waals surface area contributed by atoms with Crippen LogP contribution >= 0.6 is 0 Å². The molecule has 4 aromatic carbocycles. The smallest absolute Gasteiger partial charge is 0.182 e. The molecule has 0 fully saturated rings. The molecule has 1 heteroatoms. The van der Waals surface area contributed by atoms with Crippen LogP contribution in [0, 0.1) is 0 Å². The molecule has 0 aromatic heterocycles. The Kier molecular flexibility index (Phi) is 3.54. The second-order valence-electron chi connectivity index (χ2n) is 6.90. The van der Waals surface area contributed by atoms with Gasteiger partial charge in [0.1, 0.15) is 5.41 Å². The Balaban J connectivity index is 1.92. The summed E-state index contributed by atoms with van der Waals surface area (Å²) in [6.07, 6.45) is 0. The Morgan fingerprint density at radius 2 is 0.963 bits per heavy atom. The van der Waals surface area contributed by atoms with Crippen molar-refractivity contribution in [2.24, 2.45) is 0 Å². The summed E-state index contributed by atoms with van der Waals surface area (Å²) in [6.45, 7) is 0. The molecule has 0 heterocycles. The second-order valence-corrected chi connectivity index (χ2v) is 6.90. The van der Waals surface area contributed by atoms with Gasteiger partial charge in [-0.2, -0.15) is 0 Å². The highest BCUT2D eigenvalue weighted by Crippen LogP contribution is 2.53. The molecule has 0 bridgehead atoms.